The Morgan fingerprint density at radius 2 is 1.96 bits per heavy atom. The fourth-order valence-electron chi connectivity index (χ4n) is 2.11. The Morgan fingerprint density at radius 1 is 1.28 bits per heavy atom. The number of sulfonamides is 1. The zero-order valence-corrected chi connectivity index (χ0v) is 15.2. The average Bonchev–Trinajstić information content (AvgIpc) is 2.83. The van der Waals surface area contributed by atoms with Crippen molar-refractivity contribution in [2.75, 3.05) is 20.2 Å². The lowest BCUT2D eigenvalue weighted by Gasteiger charge is -2.20. The zero-order valence-electron chi connectivity index (χ0n) is 14.4. The van der Waals surface area contributed by atoms with Crippen molar-refractivity contribution in [2.45, 2.75) is 31.2 Å². The standard InChI is InChI=1S/C16H21N3O5S/c1-11(2)19(3)14(20)10-24-15(21)8-9-17-16-12-6-4-5-7-13(12)25(22,23)18-16/h4-7,11H,8-10H2,1-3H3,(H,17,18). The van der Waals surface area contributed by atoms with Gasteiger partial charge in [-0.3, -0.25) is 19.3 Å². The van der Waals surface area contributed by atoms with Crippen molar-refractivity contribution in [3.63, 3.8) is 0 Å². The van der Waals surface area contributed by atoms with E-state index in [-0.39, 0.29) is 42.3 Å². The maximum atomic E-state index is 11.9. The van der Waals surface area contributed by atoms with Crippen molar-refractivity contribution >= 4 is 27.7 Å². The van der Waals surface area contributed by atoms with Crippen LogP contribution in [0.4, 0.5) is 0 Å². The normalized spacial score (nSPS) is 16.4. The maximum Gasteiger partial charge on any atom is 0.308 e. The van der Waals surface area contributed by atoms with Crippen LogP contribution >= 0.6 is 0 Å². The lowest BCUT2D eigenvalue weighted by molar-refractivity contribution is -0.151. The van der Waals surface area contributed by atoms with Crippen molar-refractivity contribution in [3.05, 3.63) is 29.8 Å². The van der Waals surface area contributed by atoms with E-state index in [0.717, 1.165) is 0 Å². The first-order chi connectivity index (χ1) is 11.7. The van der Waals surface area contributed by atoms with Gasteiger partial charge in [0.2, 0.25) is 0 Å². The van der Waals surface area contributed by atoms with Gasteiger partial charge in [-0.15, -0.1) is 0 Å². The van der Waals surface area contributed by atoms with Gasteiger partial charge in [-0.2, -0.15) is 0 Å². The molecule has 25 heavy (non-hydrogen) atoms. The highest BCUT2D eigenvalue weighted by molar-refractivity contribution is 7.90. The second-order valence-electron chi connectivity index (χ2n) is 5.84. The number of hydrogen-bond donors (Lipinski definition) is 1. The summed E-state index contributed by atoms with van der Waals surface area (Å²) in [6.45, 7) is 3.45. The predicted molar refractivity (Wildman–Crippen MR) is 91.6 cm³/mol. The number of amides is 1. The molecule has 0 saturated carbocycles. The minimum Gasteiger partial charge on any atom is -0.456 e. The van der Waals surface area contributed by atoms with E-state index in [1.807, 2.05) is 13.8 Å². The summed E-state index contributed by atoms with van der Waals surface area (Å²) in [5, 5.41) is 0. The molecule has 0 atom stereocenters. The van der Waals surface area contributed by atoms with Crippen LogP contribution in [0.5, 0.6) is 0 Å². The molecule has 0 spiro atoms. The van der Waals surface area contributed by atoms with E-state index in [2.05, 4.69) is 9.71 Å². The van der Waals surface area contributed by atoms with Crippen LogP contribution in [0.2, 0.25) is 0 Å². The number of fused-ring (bicyclic) bond motifs is 1. The van der Waals surface area contributed by atoms with Gasteiger partial charge in [0.15, 0.2) is 6.61 Å². The third-order valence-electron chi connectivity index (χ3n) is 3.77. The highest BCUT2D eigenvalue weighted by Crippen LogP contribution is 2.22. The Bertz CT molecular complexity index is 802. The number of nitrogens with one attached hydrogen (secondary N) is 1. The van der Waals surface area contributed by atoms with Crippen LogP contribution in [0, 0.1) is 0 Å². The second kappa shape index (κ2) is 7.64. The Kier molecular flexibility index (Phi) is 5.78. The van der Waals surface area contributed by atoms with E-state index in [1.165, 1.54) is 11.0 Å². The van der Waals surface area contributed by atoms with E-state index in [4.69, 9.17) is 4.74 Å². The van der Waals surface area contributed by atoms with E-state index >= 15 is 0 Å². The molecular formula is C16H21N3O5S. The molecule has 1 amide bonds. The van der Waals surface area contributed by atoms with Crippen molar-refractivity contribution in [1.82, 2.24) is 9.62 Å². The summed E-state index contributed by atoms with van der Waals surface area (Å²) in [5.41, 5.74) is 0.476. The molecule has 8 nitrogen and oxygen atoms in total. The fraction of sp³-hybridized carbons (Fsp3) is 0.438. The van der Waals surface area contributed by atoms with Gasteiger partial charge in [0.1, 0.15) is 5.84 Å². The largest absolute Gasteiger partial charge is 0.456 e. The van der Waals surface area contributed by atoms with Gasteiger partial charge in [0.25, 0.3) is 15.9 Å². The Hall–Kier alpha value is -2.42. The summed E-state index contributed by atoms with van der Waals surface area (Å²) in [7, 11) is -1.96. The molecule has 0 saturated heterocycles. The van der Waals surface area contributed by atoms with Gasteiger partial charge < -0.3 is 9.64 Å². The maximum absolute atomic E-state index is 11.9. The summed E-state index contributed by atoms with van der Waals surface area (Å²) < 4.78 is 31.1. The molecule has 1 N–H and O–H groups in total. The number of likely N-dealkylation sites (N-methyl/N-ethyl adjacent to an activating group) is 1. The molecule has 9 heteroatoms. The quantitative estimate of drug-likeness (QED) is 0.738. The lowest BCUT2D eigenvalue weighted by Crippen LogP contribution is -2.36. The van der Waals surface area contributed by atoms with Gasteiger partial charge in [-0.05, 0) is 26.0 Å². The molecule has 136 valence electrons. The van der Waals surface area contributed by atoms with Crippen LogP contribution in [0.3, 0.4) is 0 Å². The minimum atomic E-state index is -3.59. The molecule has 2 rings (SSSR count). The third-order valence-corrected chi connectivity index (χ3v) is 5.17. The van der Waals surface area contributed by atoms with Gasteiger partial charge in [-0.1, -0.05) is 12.1 Å². The molecule has 0 unspecified atom stereocenters. The van der Waals surface area contributed by atoms with E-state index in [9.17, 15) is 18.0 Å². The Morgan fingerprint density at radius 3 is 2.64 bits per heavy atom. The van der Waals surface area contributed by atoms with Crippen LogP contribution in [0.1, 0.15) is 25.8 Å². The summed E-state index contributed by atoms with van der Waals surface area (Å²) in [4.78, 5) is 29.2. The molecule has 1 aliphatic heterocycles. The first-order valence-corrected chi connectivity index (χ1v) is 9.28. The van der Waals surface area contributed by atoms with Crippen molar-refractivity contribution in [3.8, 4) is 0 Å². The third kappa shape index (κ3) is 4.56. The molecule has 0 aliphatic carbocycles. The monoisotopic (exact) mass is 367 g/mol. The molecule has 0 bridgehead atoms. The number of rotatable bonds is 6. The molecule has 0 radical (unpaired) electrons. The topological polar surface area (TPSA) is 105 Å². The van der Waals surface area contributed by atoms with Gasteiger partial charge in [0, 0.05) is 18.7 Å². The summed E-state index contributed by atoms with van der Waals surface area (Å²) >= 11 is 0. The first-order valence-electron chi connectivity index (χ1n) is 7.80. The molecule has 1 aliphatic rings. The molecule has 0 fully saturated rings. The Labute approximate surface area is 146 Å². The van der Waals surface area contributed by atoms with Gasteiger partial charge >= 0.3 is 5.97 Å². The smallest absolute Gasteiger partial charge is 0.308 e. The van der Waals surface area contributed by atoms with Crippen molar-refractivity contribution < 1.29 is 22.7 Å². The second-order valence-corrected chi connectivity index (χ2v) is 7.49. The minimum absolute atomic E-state index is 0.0214. The number of esters is 1. The van der Waals surface area contributed by atoms with Crippen LogP contribution in [-0.4, -0.2) is 57.3 Å². The summed E-state index contributed by atoms with van der Waals surface area (Å²) in [6.07, 6.45) is -0.0495. The number of nitrogens with zero attached hydrogens (tertiary/aromatic N) is 2. The van der Waals surface area contributed by atoms with Crippen LogP contribution in [-0.2, 0) is 24.3 Å². The zero-order chi connectivity index (χ0) is 18.6. The highest BCUT2D eigenvalue weighted by Gasteiger charge is 2.29. The number of aliphatic imine (C=N–C) groups is 1. The number of benzene rings is 1. The fourth-order valence-corrected chi connectivity index (χ4v) is 3.37. The number of ether oxygens (including phenoxy) is 1. The molecule has 1 aromatic carbocycles. The molecular weight excluding hydrogens is 346 g/mol. The van der Waals surface area contributed by atoms with Gasteiger partial charge in [-0.25, -0.2) is 8.42 Å². The SMILES string of the molecule is CC(C)N(C)C(=O)COC(=O)CCN=C1NS(=O)(=O)c2ccccc21. The number of hydrogen-bond acceptors (Lipinski definition) is 6. The molecule has 1 heterocycles. The first kappa shape index (κ1) is 18.9. The van der Waals surface area contributed by atoms with Crippen molar-refractivity contribution in [2.24, 2.45) is 4.99 Å². The average molecular weight is 367 g/mol. The Balaban J connectivity index is 1.88. The van der Waals surface area contributed by atoms with E-state index in [1.54, 1.807) is 25.2 Å². The number of carbonyl (C=O) groups excluding carboxylic acids is 2. The molecule has 0 aromatic heterocycles. The number of carbonyl (C=O) groups is 2. The molecule has 1 aromatic rings. The predicted octanol–water partition coefficient (Wildman–Crippen LogP) is 0.525. The van der Waals surface area contributed by atoms with Crippen LogP contribution < -0.4 is 4.72 Å². The van der Waals surface area contributed by atoms with Crippen LogP contribution in [0.25, 0.3) is 0 Å². The van der Waals surface area contributed by atoms with E-state index < -0.39 is 16.0 Å². The number of amidine groups is 1. The lowest BCUT2D eigenvalue weighted by atomic mass is 10.2. The van der Waals surface area contributed by atoms with Crippen LogP contribution in [0.15, 0.2) is 34.2 Å². The summed E-state index contributed by atoms with van der Waals surface area (Å²) in [6, 6.07) is 6.49. The summed E-state index contributed by atoms with van der Waals surface area (Å²) in [5.74, 6) is -0.643. The van der Waals surface area contributed by atoms with Crippen molar-refractivity contribution in [1.29, 1.82) is 0 Å². The highest BCUT2D eigenvalue weighted by atomic mass is 32.2. The van der Waals surface area contributed by atoms with Gasteiger partial charge in [0.05, 0.1) is 17.9 Å². The van der Waals surface area contributed by atoms with E-state index in [0.29, 0.717) is 5.56 Å².